The van der Waals surface area contributed by atoms with E-state index in [9.17, 15) is 9.59 Å². The molecule has 3 aromatic rings. The van der Waals surface area contributed by atoms with Crippen LogP contribution in [0.25, 0.3) is 21.9 Å². The first-order valence-electron chi connectivity index (χ1n) is 7.50. The number of ether oxygens (including phenoxy) is 1. The number of carbonyl (C=O) groups is 1. The van der Waals surface area contributed by atoms with Crippen LogP contribution in [0.15, 0.2) is 45.6 Å². The maximum atomic E-state index is 12.7. The molecule has 6 nitrogen and oxygen atoms in total. The molecule has 0 aliphatic carbocycles. The van der Waals surface area contributed by atoms with Crippen molar-refractivity contribution in [2.75, 3.05) is 13.7 Å². The number of amides is 1. The summed E-state index contributed by atoms with van der Waals surface area (Å²) in [5.74, 6) is 0.242. The van der Waals surface area contributed by atoms with Crippen molar-refractivity contribution < 1.29 is 19.1 Å². The monoisotopic (exact) mass is 327 g/mol. The number of hydrogen-bond acceptors (Lipinski definition) is 5. The van der Waals surface area contributed by atoms with E-state index in [4.69, 9.17) is 14.3 Å². The van der Waals surface area contributed by atoms with Crippen LogP contribution in [0.1, 0.15) is 17.3 Å². The zero-order valence-electron chi connectivity index (χ0n) is 13.3. The van der Waals surface area contributed by atoms with E-state index < -0.39 is 0 Å². The summed E-state index contributed by atoms with van der Waals surface area (Å²) in [7, 11) is 1.54. The summed E-state index contributed by atoms with van der Waals surface area (Å²) in [6, 6.07) is 9.29. The van der Waals surface area contributed by atoms with Gasteiger partial charge in [0.05, 0.1) is 24.5 Å². The summed E-state index contributed by atoms with van der Waals surface area (Å²) < 4.78 is 10.9. The minimum atomic E-state index is -0.367. The van der Waals surface area contributed by atoms with Gasteiger partial charge in [-0.05, 0) is 37.3 Å². The van der Waals surface area contributed by atoms with Gasteiger partial charge in [0.25, 0.3) is 5.91 Å². The molecule has 124 valence electrons. The summed E-state index contributed by atoms with van der Waals surface area (Å²) in [5, 5.41) is 12.4. The molecule has 0 aliphatic heterocycles. The Morgan fingerprint density at radius 3 is 2.71 bits per heavy atom. The number of rotatable bonds is 4. The Morgan fingerprint density at radius 1 is 1.21 bits per heavy atom. The van der Waals surface area contributed by atoms with E-state index in [-0.39, 0.29) is 24.0 Å². The second kappa shape index (κ2) is 6.33. The molecule has 2 N–H and O–H groups in total. The van der Waals surface area contributed by atoms with E-state index in [0.29, 0.717) is 33.3 Å². The number of carbonyl (C=O) groups excluding carboxylic acids is 1. The van der Waals surface area contributed by atoms with Crippen molar-refractivity contribution in [3.05, 3.63) is 52.2 Å². The molecule has 6 heteroatoms. The zero-order valence-corrected chi connectivity index (χ0v) is 13.3. The predicted molar refractivity (Wildman–Crippen MR) is 90.6 cm³/mol. The van der Waals surface area contributed by atoms with E-state index in [1.54, 1.807) is 44.4 Å². The van der Waals surface area contributed by atoms with Gasteiger partial charge in [-0.1, -0.05) is 0 Å². The number of hydrogen-bond donors (Lipinski definition) is 2. The molecular weight excluding hydrogens is 310 g/mol. The van der Waals surface area contributed by atoms with E-state index >= 15 is 0 Å². The Labute approximate surface area is 137 Å². The lowest BCUT2D eigenvalue weighted by molar-refractivity contribution is 0.0922. The highest BCUT2D eigenvalue weighted by Gasteiger charge is 2.13. The van der Waals surface area contributed by atoms with Gasteiger partial charge in [0, 0.05) is 17.7 Å². The Kier molecular flexibility index (Phi) is 4.22. The number of nitrogens with one attached hydrogen (secondary N) is 1. The fourth-order valence-corrected chi connectivity index (χ4v) is 2.46. The van der Waals surface area contributed by atoms with Gasteiger partial charge in [-0.25, -0.2) is 0 Å². The van der Waals surface area contributed by atoms with Crippen LogP contribution in [0.3, 0.4) is 0 Å². The van der Waals surface area contributed by atoms with E-state index in [1.807, 2.05) is 0 Å². The second-order valence-electron chi connectivity index (χ2n) is 5.56. The molecule has 1 aromatic heterocycles. The summed E-state index contributed by atoms with van der Waals surface area (Å²) in [6.07, 6.45) is 0. The molecule has 0 spiro atoms. The first kappa shape index (κ1) is 16.0. The third kappa shape index (κ3) is 2.83. The van der Waals surface area contributed by atoms with Crippen molar-refractivity contribution in [3.8, 4) is 5.75 Å². The van der Waals surface area contributed by atoms with Crippen LogP contribution in [0.2, 0.25) is 0 Å². The maximum absolute atomic E-state index is 12.7. The van der Waals surface area contributed by atoms with Crippen LogP contribution in [0.4, 0.5) is 0 Å². The van der Waals surface area contributed by atoms with Gasteiger partial charge in [-0.15, -0.1) is 0 Å². The van der Waals surface area contributed by atoms with Gasteiger partial charge in [0.15, 0.2) is 0 Å². The van der Waals surface area contributed by atoms with Crippen molar-refractivity contribution in [3.63, 3.8) is 0 Å². The Bertz CT molecular complexity index is 976. The van der Waals surface area contributed by atoms with Crippen molar-refractivity contribution in [2.24, 2.45) is 0 Å². The minimum absolute atomic E-state index is 0.159. The first-order valence-corrected chi connectivity index (χ1v) is 7.50. The lowest BCUT2D eigenvalue weighted by Gasteiger charge is -2.11. The summed E-state index contributed by atoms with van der Waals surface area (Å²) in [4.78, 5) is 24.8. The SMILES string of the molecule is COc1ccc2c(=O)c3cc(C(=O)N[C@H](C)CO)ccc3oc2c1. The number of benzene rings is 2. The highest BCUT2D eigenvalue weighted by Crippen LogP contribution is 2.23. The van der Waals surface area contributed by atoms with Crippen molar-refractivity contribution in [2.45, 2.75) is 13.0 Å². The number of aliphatic hydroxyl groups is 1. The molecule has 0 bridgehead atoms. The zero-order chi connectivity index (χ0) is 17.3. The van der Waals surface area contributed by atoms with Gasteiger partial charge in [-0.2, -0.15) is 0 Å². The third-order valence-corrected chi connectivity index (χ3v) is 3.79. The molecule has 1 heterocycles. The van der Waals surface area contributed by atoms with E-state index in [2.05, 4.69) is 5.32 Å². The highest BCUT2D eigenvalue weighted by molar-refractivity contribution is 5.99. The maximum Gasteiger partial charge on any atom is 0.251 e. The molecule has 0 unspecified atom stereocenters. The van der Waals surface area contributed by atoms with Crippen LogP contribution in [0, 0.1) is 0 Å². The van der Waals surface area contributed by atoms with Crippen molar-refractivity contribution >= 4 is 27.8 Å². The topological polar surface area (TPSA) is 88.8 Å². The highest BCUT2D eigenvalue weighted by atomic mass is 16.5. The van der Waals surface area contributed by atoms with Crippen LogP contribution < -0.4 is 15.5 Å². The van der Waals surface area contributed by atoms with Gasteiger partial charge in [-0.3, -0.25) is 9.59 Å². The number of methoxy groups -OCH3 is 1. The molecule has 1 amide bonds. The molecule has 3 rings (SSSR count). The van der Waals surface area contributed by atoms with Crippen LogP contribution in [-0.2, 0) is 0 Å². The Morgan fingerprint density at radius 2 is 2.00 bits per heavy atom. The Hall–Kier alpha value is -2.86. The fourth-order valence-electron chi connectivity index (χ4n) is 2.46. The lowest BCUT2D eigenvalue weighted by Crippen LogP contribution is -2.35. The van der Waals surface area contributed by atoms with Crippen LogP contribution in [0.5, 0.6) is 5.75 Å². The summed E-state index contributed by atoms with van der Waals surface area (Å²) in [5.41, 5.74) is 0.951. The summed E-state index contributed by atoms with van der Waals surface area (Å²) >= 11 is 0. The average Bonchev–Trinajstić information content (AvgIpc) is 2.60. The van der Waals surface area contributed by atoms with E-state index in [0.717, 1.165) is 0 Å². The van der Waals surface area contributed by atoms with Crippen LogP contribution >= 0.6 is 0 Å². The standard InChI is InChI=1S/C18H17NO5/c1-10(9-20)19-18(22)11-3-6-15-14(7-11)17(21)13-5-4-12(23-2)8-16(13)24-15/h3-8,10,20H,9H2,1-2H3,(H,19,22)/t10-/m1/s1. The summed E-state index contributed by atoms with van der Waals surface area (Å²) in [6.45, 7) is 1.53. The second-order valence-corrected chi connectivity index (χ2v) is 5.56. The predicted octanol–water partition coefficient (Wildman–Crippen LogP) is 2.07. The van der Waals surface area contributed by atoms with Gasteiger partial charge < -0.3 is 19.6 Å². The molecule has 24 heavy (non-hydrogen) atoms. The normalized spacial score (nSPS) is 12.3. The molecule has 0 saturated carbocycles. The van der Waals surface area contributed by atoms with Crippen molar-refractivity contribution in [1.29, 1.82) is 0 Å². The minimum Gasteiger partial charge on any atom is -0.497 e. The van der Waals surface area contributed by atoms with Gasteiger partial charge in [0.1, 0.15) is 16.9 Å². The smallest absolute Gasteiger partial charge is 0.251 e. The molecule has 1 atom stereocenters. The number of fused-ring (bicyclic) bond motifs is 2. The van der Waals surface area contributed by atoms with Crippen LogP contribution in [-0.4, -0.2) is 30.8 Å². The average molecular weight is 327 g/mol. The van der Waals surface area contributed by atoms with Gasteiger partial charge >= 0.3 is 0 Å². The van der Waals surface area contributed by atoms with Crippen molar-refractivity contribution in [1.82, 2.24) is 5.32 Å². The number of aliphatic hydroxyl groups excluding tert-OH is 1. The van der Waals surface area contributed by atoms with E-state index in [1.165, 1.54) is 6.07 Å². The quantitative estimate of drug-likeness (QED) is 0.716. The largest absolute Gasteiger partial charge is 0.497 e. The first-order chi connectivity index (χ1) is 11.5. The molecule has 0 aliphatic rings. The molecule has 2 aromatic carbocycles. The lowest BCUT2D eigenvalue weighted by atomic mass is 10.1. The fraction of sp³-hybridized carbons (Fsp3) is 0.222. The molecule has 0 saturated heterocycles. The van der Waals surface area contributed by atoms with Gasteiger partial charge in [0.2, 0.25) is 5.43 Å². The Balaban J connectivity index is 2.13. The molecule has 0 radical (unpaired) electrons. The molecular formula is C18H17NO5. The molecule has 0 fully saturated rings. The third-order valence-electron chi connectivity index (χ3n) is 3.79.